The van der Waals surface area contributed by atoms with Crippen LogP contribution >= 0.6 is 0 Å². The number of imidazole rings is 1. The van der Waals surface area contributed by atoms with Gasteiger partial charge in [0.05, 0.1) is 18.6 Å². The molecule has 0 bridgehead atoms. The molecule has 2 saturated heterocycles. The Morgan fingerprint density at radius 1 is 1.20 bits per heavy atom. The SMILES string of the molecule is CCOC(=O)N1CCC(Nc2ncnc3c2ncn3[C@@H]2O[C@H](c3cc(CC)no3)[C@@H](O)[C@H]2O)CC1. The van der Waals surface area contributed by atoms with Gasteiger partial charge in [0.2, 0.25) is 0 Å². The number of rotatable bonds is 6. The highest BCUT2D eigenvalue weighted by Gasteiger charge is 2.47. The van der Waals surface area contributed by atoms with Crippen molar-refractivity contribution in [3.05, 3.63) is 30.2 Å². The Balaban J connectivity index is 1.31. The molecular weight excluding hydrogens is 458 g/mol. The molecule has 13 nitrogen and oxygen atoms in total. The van der Waals surface area contributed by atoms with Crippen molar-refractivity contribution in [3.8, 4) is 0 Å². The number of piperidine rings is 1. The van der Waals surface area contributed by atoms with Crippen LogP contribution in [0.1, 0.15) is 50.5 Å². The van der Waals surface area contributed by atoms with Gasteiger partial charge in [-0.05, 0) is 26.2 Å². The van der Waals surface area contributed by atoms with Gasteiger partial charge in [0.1, 0.15) is 24.6 Å². The van der Waals surface area contributed by atoms with E-state index in [9.17, 15) is 15.0 Å². The van der Waals surface area contributed by atoms with E-state index in [1.54, 1.807) is 22.5 Å². The molecular formula is C22H29N7O6. The molecule has 2 aliphatic rings. The van der Waals surface area contributed by atoms with Crippen LogP contribution in [-0.4, -0.2) is 83.8 Å². The molecule has 35 heavy (non-hydrogen) atoms. The van der Waals surface area contributed by atoms with E-state index in [1.165, 1.54) is 12.7 Å². The van der Waals surface area contributed by atoms with E-state index in [1.807, 2.05) is 6.92 Å². The van der Waals surface area contributed by atoms with E-state index in [-0.39, 0.29) is 12.1 Å². The summed E-state index contributed by atoms with van der Waals surface area (Å²) in [5.74, 6) is 0.905. The number of hydrogen-bond donors (Lipinski definition) is 3. The van der Waals surface area contributed by atoms with Crippen molar-refractivity contribution in [2.24, 2.45) is 0 Å². The van der Waals surface area contributed by atoms with Gasteiger partial charge in [-0.15, -0.1) is 0 Å². The van der Waals surface area contributed by atoms with Crippen LogP contribution in [0.5, 0.6) is 0 Å². The number of aryl methyl sites for hydroxylation is 1. The molecule has 0 aromatic carbocycles. The van der Waals surface area contributed by atoms with Crippen molar-refractivity contribution in [3.63, 3.8) is 0 Å². The fraction of sp³-hybridized carbons (Fsp3) is 0.591. The number of nitrogens with one attached hydrogen (secondary N) is 1. The number of aliphatic hydroxyl groups excluding tert-OH is 2. The lowest BCUT2D eigenvalue weighted by Gasteiger charge is -2.31. The molecule has 3 aromatic heterocycles. The number of likely N-dealkylation sites (tertiary alicyclic amines) is 1. The summed E-state index contributed by atoms with van der Waals surface area (Å²) in [7, 11) is 0. The van der Waals surface area contributed by atoms with E-state index < -0.39 is 24.5 Å². The highest BCUT2D eigenvalue weighted by atomic mass is 16.6. The molecule has 1 amide bonds. The van der Waals surface area contributed by atoms with Crippen molar-refractivity contribution in [1.82, 2.24) is 29.6 Å². The summed E-state index contributed by atoms with van der Waals surface area (Å²) in [4.78, 5) is 26.8. The van der Waals surface area contributed by atoms with Crippen molar-refractivity contribution < 1.29 is 29.0 Å². The summed E-state index contributed by atoms with van der Waals surface area (Å²) in [5.41, 5.74) is 1.70. The number of aliphatic hydroxyl groups is 2. The molecule has 3 N–H and O–H groups in total. The van der Waals surface area contributed by atoms with Crippen LogP contribution in [0.4, 0.5) is 10.6 Å². The minimum atomic E-state index is -1.23. The van der Waals surface area contributed by atoms with Gasteiger partial charge in [-0.3, -0.25) is 4.57 Å². The van der Waals surface area contributed by atoms with Crippen LogP contribution in [0.2, 0.25) is 0 Å². The molecule has 0 spiro atoms. The number of aromatic nitrogens is 5. The van der Waals surface area contributed by atoms with E-state index in [0.717, 1.165) is 18.5 Å². The zero-order chi connectivity index (χ0) is 24.5. The maximum absolute atomic E-state index is 11.9. The summed E-state index contributed by atoms with van der Waals surface area (Å²) >= 11 is 0. The first kappa shape index (κ1) is 23.5. The summed E-state index contributed by atoms with van der Waals surface area (Å²) in [6, 6.07) is 1.81. The van der Waals surface area contributed by atoms with Crippen LogP contribution in [0.3, 0.4) is 0 Å². The van der Waals surface area contributed by atoms with Crippen LogP contribution in [0, 0.1) is 0 Å². The number of carbonyl (C=O) groups is 1. The molecule has 13 heteroatoms. The second-order valence-corrected chi connectivity index (χ2v) is 8.65. The topological polar surface area (TPSA) is 161 Å². The minimum absolute atomic E-state index is 0.0997. The van der Waals surface area contributed by atoms with Gasteiger partial charge >= 0.3 is 6.09 Å². The highest BCUT2D eigenvalue weighted by Crippen LogP contribution is 2.40. The zero-order valence-electron chi connectivity index (χ0n) is 19.6. The fourth-order valence-corrected chi connectivity index (χ4v) is 4.51. The highest BCUT2D eigenvalue weighted by molar-refractivity contribution is 5.82. The maximum atomic E-state index is 11.9. The van der Waals surface area contributed by atoms with Crippen molar-refractivity contribution in [1.29, 1.82) is 0 Å². The maximum Gasteiger partial charge on any atom is 0.409 e. The standard InChI is InChI=1S/C22H29N7O6/c1-3-12-9-14(35-27-12)18-16(30)17(31)21(34-18)29-11-25-15-19(23-10-24-20(15)29)26-13-5-7-28(8-6-13)22(32)33-4-2/h9-11,13,16-18,21,30-31H,3-8H2,1-2H3,(H,23,24,26)/t16-,17+,18+,21+/m0/s1. The van der Waals surface area contributed by atoms with Crippen molar-refractivity contribution in [2.45, 2.75) is 63.7 Å². The molecule has 188 valence electrons. The zero-order valence-corrected chi connectivity index (χ0v) is 19.6. The quantitative estimate of drug-likeness (QED) is 0.461. The van der Waals surface area contributed by atoms with E-state index in [2.05, 4.69) is 25.4 Å². The van der Waals surface area contributed by atoms with Crippen LogP contribution in [0.15, 0.2) is 23.2 Å². The van der Waals surface area contributed by atoms with Crippen molar-refractivity contribution >= 4 is 23.1 Å². The number of hydrogen-bond acceptors (Lipinski definition) is 11. The summed E-state index contributed by atoms with van der Waals surface area (Å²) in [5, 5.41) is 28.7. The second-order valence-electron chi connectivity index (χ2n) is 8.65. The minimum Gasteiger partial charge on any atom is -0.450 e. The van der Waals surface area contributed by atoms with Gasteiger partial charge in [-0.1, -0.05) is 12.1 Å². The molecule has 0 aliphatic carbocycles. The Morgan fingerprint density at radius 2 is 2.00 bits per heavy atom. The molecule has 5 heterocycles. The predicted octanol–water partition coefficient (Wildman–Crippen LogP) is 1.40. The fourth-order valence-electron chi connectivity index (χ4n) is 4.51. The number of nitrogens with zero attached hydrogens (tertiary/aromatic N) is 6. The lowest BCUT2D eigenvalue weighted by Crippen LogP contribution is -2.42. The average Bonchev–Trinajstić information content (AvgIpc) is 3.58. The van der Waals surface area contributed by atoms with Gasteiger partial charge in [-0.25, -0.2) is 19.7 Å². The van der Waals surface area contributed by atoms with Crippen LogP contribution in [-0.2, 0) is 15.9 Å². The molecule has 2 fully saturated rings. The third-order valence-corrected chi connectivity index (χ3v) is 6.45. The van der Waals surface area contributed by atoms with E-state index >= 15 is 0 Å². The number of ether oxygens (including phenoxy) is 2. The van der Waals surface area contributed by atoms with E-state index in [4.69, 9.17) is 14.0 Å². The smallest absolute Gasteiger partial charge is 0.409 e. The van der Waals surface area contributed by atoms with Crippen LogP contribution < -0.4 is 5.32 Å². The Kier molecular flexibility index (Phi) is 6.54. The average molecular weight is 488 g/mol. The molecule has 4 atom stereocenters. The predicted molar refractivity (Wildman–Crippen MR) is 121 cm³/mol. The van der Waals surface area contributed by atoms with Gasteiger partial charge in [0.15, 0.2) is 29.0 Å². The van der Waals surface area contributed by atoms with Gasteiger partial charge < -0.3 is 34.4 Å². The van der Waals surface area contributed by atoms with Gasteiger partial charge in [0, 0.05) is 25.2 Å². The molecule has 3 aromatic rings. The number of fused-ring (bicyclic) bond motifs is 1. The van der Waals surface area contributed by atoms with Gasteiger partial charge in [0.25, 0.3) is 0 Å². The van der Waals surface area contributed by atoms with Gasteiger partial charge in [-0.2, -0.15) is 0 Å². The Bertz CT molecular complexity index is 1170. The lowest BCUT2D eigenvalue weighted by atomic mass is 10.1. The summed E-state index contributed by atoms with van der Waals surface area (Å²) < 4.78 is 18.0. The monoisotopic (exact) mass is 487 g/mol. The van der Waals surface area contributed by atoms with Crippen LogP contribution in [0.25, 0.3) is 11.2 Å². The Hall–Kier alpha value is -3.29. The Morgan fingerprint density at radius 3 is 2.71 bits per heavy atom. The molecule has 2 aliphatic heterocycles. The summed E-state index contributed by atoms with van der Waals surface area (Å²) in [6.45, 7) is 5.26. The first-order valence-corrected chi connectivity index (χ1v) is 11.8. The van der Waals surface area contributed by atoms with Crippen molar-refractivity contribution in [2.75, 3.05) is 25.0 Å². The molecule has 0 saturated carbocycles. The number of amides is 1. The first-order chi connectivity index (χ1) is 17.0. The Labute approximate surface area is 201 Å². The molecule has 5 rings (SSSR count). The lowest BCUT2D eigenvalue weighted by molar-refractivity contribution is -0.0434. The normalized spacial score (nSPS) is 25.3. The number of anilines is 1. The first-order valence-electron chi connectivity index (χ1n) is 11.8. The largest absolute Gasteiger partial charge is 0.450 e. The summed E-state index contributed by atoms with van der Waals surface area (Å²) in [6.07, 6.45) is 0.547. The number of carbonyl (C=O) groups excluding carboxylic acids is 1. The molecule has 0 unspecified atom stereocenters. The third-order valence-electron chi connectivity index (χ3n) is 6.45. The molecule has 0 radical (unpaired) electrons. The van der Waals surface area contributed by atoms with E-state index in [0.29, 0.717) is 48.9 Å². The second kappa shape index (κ2) is 9.76. The third kappa shape index (κ3) is 4.42.